The number of sulfone groups is 1. The molecule has 0 spiro atoms. The van der Waals surface area contributed by atoms with Gasteiger partial charge in [0.1, 0.15) is 0 Å². The number of aromatic nitrogens is 2. The van der Waals surface area contributed by atoms with Crippen LogP contribution < -0.4 is 0 Å². The lowest BCUT2D eigenvalue weighted by molar-refractivity contribution is 0.0674. The molecule has 0 radical (unpaired) electrons. The second kappa shape index (κ2) is 8.98. The molecule has 28 heavy (non-hydrogen) atoms. The van der Waals surface area contributed by atoms with E-state index in [2.05, 4.69) is 9.97 Å². The topological polar surface area (TPSA) is 80.2 Å². The highest BCUT2D eigenvalue weighted by Gasteiger charge is 2.36. The van der Waals surface area contributed by atoms with Crippen LogP contribution in [0.5, 0.6) is 0 Å². The number of hydrogen-bond acceptors (Lipinski definition) is 6. The molecule has 0 N–H and O–H groups in total. The summed E-state index contributed by atoms with van der Waals surface area (Å²) in [6.07, 6.45) is 1.80. The van der Waals surface area contributed by atoms with Crippen LogP contribution >= 0.6 is 35.0 Å². The van der Waals surface area contributed by atoms with E-state index in [0.29, 0.717) is 16.6 Å². The quantitative estimate of drug-likeness (QED) is 0.483. The zero-order chi connectivity index (χ0) is 20.3. The van der Waals surface area contributed by atoms with Crippen molar-refractivity contribution in [2.75, 3.05) is 17.3 Å². The van der Waals surface area contributed by atoms with E-state index >= 15 is 0 Å². The van der Waals surface area contributed by atoms with E-state index in [0.717, 1.165) is 11.3 Å². The van der Waals surface area contributed by atoms with Crippen LogP contribution in [0.4, 0.5) is 0 Å². The molecule has 2 heterocycles. The molecule has 10 heteroatoms. The Morgan fingerprint density at radius 1 is 1.29 bits per heavy atom. The molecule has 0 bridgehead atoms. The summed E-state index contributed by atoms with van der Waals surface area (Å²) in [6, 6.07) is 6.66. The fourth-order valence-corrected chi connectivity index (χ4v) is 5.58. The van der Waals surface area contributed by atoms with Crippen molar-refractivity contribution in [3.8, 4) is 0 Å². The predicted octanol–water partition coefficient (Wildman–Crippen LogP) is 3.72. The van der Waals surface area contributed by atoms with Crippen molar-refractivity contribution in [1.82, 2.24) is 14.9 Å². The molecule has 1 amide bonds. The Kier molecular flexibility index (Phi) is 6.85. The van der Waals surface area contributed by atoms with E-state index in [-0.39, 0.29) is 28.8 Å². The van der Waals surface area contributed by atoms with Crippen LogP contribution in [-0.2, 0) is 16.4 Å². The van der Waals surface area contributed by atoms with Gasteiger partial charge in [0.15, 0.2) is 20.7 Å². The van der Waals surface area contributed by atoms with Crippen molar-refractivity contribution >= 4 is 50.7 Å². The van der Waals surface area contributed by atoms with Crippen LogP contribution in [-0.4, -0.2) is 52.5 Å². The smallest absolute Gasteiger partial charge is 0.274 e. The molecular formula is C18H19Cl2N3O3S2. The number of amides is 1. The molecule has 1 aromatic carbocycles. The normalized spacial score (nSPS) is 18.2. The number of thioether (sulfide) groups is 1. The maximum absolute atomic E-state index is 13.3. The number of halogens is 2. The van der Waals surface area contributed by atoms with Crippen molar-refractivity contribution in [2.24, 2.45) is 0 Å². The molecule has 0 unspecified atom stereocenters. The molecule has 6 nitrogen and oxygen atoms in total. The zero-order valence-electron chi connectivity index (χ0n) is 15.1. The van der Waals surface area contributed by atoms with Gasteiger partial charge in [-0.05, 0) is 29.9 Å². The summed E-state index contributed by atoms with van der Waals surface area (Å²) >= 11 is 13.5. The molecular weight excluding hydrogens is 441 g/mol. The number of nitrogens with zero attached hydrogens (tertiary/aromatic N) is 3. The predicted molar refractivity (Wildman–Crippen MR) is 112 cm³/mol. The molecule has 1 atom stereocenters. The lowest BCUT2D eigenvalue weighted by Gasteiger charge is -2.28. The highest BCUT2D eigenvalue weighted by atomic mass is 35.5. The van der Waals surface area contributed by atoms with Gasteiger partial charge in [-0.3, -0.25) is 4.79 Å². The largest absolute Gasteiger partial charge is 0.329 e. The zero-order valence-corrected chi connectivity index (χ0v) is 18.3. The monoisotopic (exact) mass is 459 g/mol. The molecule has 150 valence electrons. The Balaban J connectivity index is 1.94. The Morgan fingerprint density at radius 3 is 2.61 bits per heavy atom. The highest BCUT2D eigenvalue weighted by molar-refractivity contribution is 7.99. The van der Waals surface area contributed by atoms with Crippen molar-refractivity contribution in [2.45, 2.75) is 31.1 Å². The van der Waals surface area contributed by atoms with Gasteiger partial charge in [-0.15, -0.1) is 0 Å². The molecule has 0 saturated carbocycles. The van der Waals surface area contributed by atoms with Crippen molar-refractivity contribution in [3.63, 3.8) is 0 Å². The van der Waals surface area contributed by atoms with E-state index in [1.807, 2.05) is 19.1 Å². The second-order valence-corrected chi connectivity index (χ2v) is 10.7. The summed E-state index contributed by atoms with van der Waals surface area (Å²) < 4.78 is 24.0. The molecule has 1 aromatic heterocycles. The minimum atomic E-state index is -3.17. The van der Waals surface area contributed by atoms with E-state index in [1.54, 1.807) is 17.0 Å². The van der Waals surface area contributed by atoms with Gasteiger partial charge in [0.2, 0.25) is 0 Å². The van der Waals surface area contributed by atoms with Gasteiger partial charge in [0.05, 0.1) is 22.7 Å². The van der Waals surface area contributed by atoms with Crippen LogP contribution in [0, 0.1) is 0 Å². The Labute approximate surface area is 178 Å². The maximum Gasteiger partial charge on any atom is 0.274 e. The van der Waals surface area contributed by atoms with Gasteiger partial charge in [-0.2, -0.15) is 0 Å². The van der Waals surface area contributed by atoms with E-state index in [9.17, 15) is 13.2 Å². The molecule has 1 aliphatic heterocycles. The highest BCUT2D eigenvalue weighted by Crippen LogP contribution is 2.25. The van der Waals surface area contributed by atoms with E-state index < -0.39 is 21.8 Å². The van der Waals surface area contributed by atoms with Gasteiger partial charge in [0.25, 0.3) is 5.91 Å². The molecule has 1 saturated heterocycles. The number of carbonyl (C=O) groups excluding carboxylic acids is 1. The summed E-state index contributed by atoms with van der Waals surface area (Å²) in [4.78, 5) is 23.3. The lowest BCUT2D eigenvalue weighted by atomic mass is 10.1. The first-order valence-electron chi connectivity index (χ1n) is 8.70. The van der Waals surface area contributed by atoms with Crippen molar-refractivity contribution < 1.29 is 13.2 Å². The van der Waals surface area contributed by atoms with Gasteiger partial charge < -0.3 is 4.90 Å². The number of carbonyl (C=O) groups is 1. The molecule has 3 rings (SSSR count). The summed E-state index contributed by atoms with van der Waals surface area (Å²) in [6.45, 7) is 2.20. The molecule has 0 aliphatic carbocycles. The Bertz CT molecular complexity index is 969. The Morgan fingerprint density at radius 2 is 2.00 bits per heavy atom. The van der Waals surface area contributed by atoms with Crippen LogP contribution in [0.25, 0.3) is 0 Å². The molecule has 1 fully saturated rings. The van der Waals surface area contributed by atoms with Gasteiger partial charge in [-0.25, -0.2) is 18.4 Å². The number of benzene rings is 1. The Hall–Kier alpha value is -1.35. The van der Waals surface area contributed by atoms with Crippen LogP contribution in [0.1, 0.15) is 29.4 Å². The number of hydrogen-bond donors (Lipinski definition) is 0. The first kappa shape index (κ1) is 21.4. The average molecular weight is 460 g/mol. The van der Waals surface area contributed by atoms with Crippen LogP contribution in [0.2, 0.25) is 10.0 Å². The van der Waals surface area contributed by atoms with Crippen LogP contribution in [0.3, 0.4) is 0 Å². The fraction of sp³-hybridized carbons (Fsp3) is 0.389. The number of rotatable bonds is 6. The van der Waals surface area contributed by atoms with Crippen molar-refractivity contribution in [3.05, 3.63) is 51.8 Å². The lowest BCUT2D eigenvalue weighted by Crippen LogP contribution is -2.41. The molecule has 1 aliphatic rings. The summed E-state index contributed by atoms with van der Waals surface area (Å²) in [7, 11) is -3.17. The van der Waals surface area contributed by atoms with Crippen LogP contribution in [0.15, 0.2) is 35.6 Å². The summed E-state index contributed by atoms with van der Waals surface area (Å²) in [5.41, 5.74) is 0.932. The third kappa shape index (κ3) is 5.17. The third-order valence-corrected chi connectivity index (χ3v) is 7.40. The minimum absolute atomic E-state index is 0.0639. The summed E-state index contributed by atoms with van der Waals surface area (Å²) in [5, 5.41) is 1.19. The van der Waals surface area contributed by atoms with Gasteiger partial charge >= 0.3 is 0 Å². The molecule has 2 aromatic rings. The van der Waals surface area contributed by atoms with Crippen molar-refractivity contribution in [1.29, 1.82) is 0 Å². The minimum Gasteiger partial charge on any atom is -0.329 e. The second-order valence-electron chi connectivity index (χ2n) is 6.40. The SMILES string of the molecule is CCSc1ncc(Cl)c(C(=O)N(Cc2ccc(Cl)cc2)[C@H]2CCS(=O)(=O)C2)n1. The van der Waals surface area contributed by atoms with Gasteiger partial charge in [-0.1, -0.05) is 54.0 Å². The van der Waals surface area contributed by atoms with E-state index in [4.69, 9.17) is 23.2 Å². The maximum atomic E-state index is 13.3. The van der Waals surface area contributed by atoms with Gasteiger partial charge in [0, 0.05) is 17.6 Å². The third-order valence-electron chi connectivity index (χ3n) is 4.37. The average Bonchev–Trinajstić information content (AvgIpc) is 3.02. The van der Waals surface area contributed by atoms with E-state index in [1.165, 1.54) is 18.0 Å². The fourth-order valence-electron chi connectivity index (χ4n) is 3.01. The standard InChI is InChI=1S/C18H19Cl2N3O3S2/c1-2-27-18-21-9-15(20)16(22-18)17(24)23(14-7-8-28(25,26)11-14)10-12-3-5-13(19)6-4-12/h3-6,9,14H,2,7-8,10-11H2,1H3/t14-/m0/s1. The first-order chi connectivity index (χ1) is 13.3. The first-order valence-corrected chi connectivity index (χ1v) is 12.3. The summed E-state index contributed by atoms with van der Waals surface area (Å²) in [5.74, 6) is 0.356.